The fraction of sp³-hybridized carbons (Fsp3) is 0.0526. The van der Waals surface area contributed by atoms with E-state index >= 15 is 0 Å². The molecule has 0 spiro atoms. The highest BCUT2D eigenvalue weighted by molar-refractivity contribution is 5.88. The molecule has 0 bridgehead atoms. The zero-order valence-corrected chi connectivity index (χ0v) is 14.2. The number of aromatic carboxylic acids is 1. The van der Waals surface area contributed by atoms with Gasteiger partial charge in [0.25, 0.3) is 0 Å². The smallest absolute Gasteiger partial charge is 0.335 e. The molecule has 0 aliphatic heterocycles. The van der Waals surface area contributed by atoms with Gasteiger partial charge in [-0.2, -0.15) is 9.97 Å². The number of para-hydroxylation sites is 1. The van der Waals surface area contributed by atoms with Crippen LogP contribution in [0.3, 0.4) is 0 Å². The van der Waals surface area contributed by atoms with Crippen LogP contribution in [0.25, 0.3) is 11.2 Å². The Morgan fingerprint density at radius 1 is 1.07 bits per heavy atom. The highest BCUT2D eigenvalue weighted by Gasteiger charge is 2.13. The molecule has 2 aromatic carbocycles. The van der Waals surface area contributed by atoms with E-state index in [0.717, 1.165) is 11.3 Å². The van der Waals surface area contributed by atoms with Gasteiger partial charge in [-0.15, -0.1) is 0 Å². The Bertz CT molecular complexity index is 1110. The van der Waals surface area contributed by atoms with E-state index in [4.69, 9.17) is 10.8 Å². The van der Waals surface area contributed by atoms with Crippen LogP contribution in [-0.4, -0.2) is 30.6 Å². The lowest BCUT2D eigenvalue weighted by Gasteiger charge is -2.08. The maximum Gasteiger partial charge on any atom is 0.335 e. The SMILES string of the molecule is Nc1nc(Nc2ccccc2)c2ncn(Cc3ccc(C(=O)O)cc3)c2n1. The number of nitrogens with zero attached hydrogens (tertiary/aromatic N) is 4. The standard InChI is InChI=1S/C19H16N6O2/c20-19-23-16(22-14-4-2-1-3-5-14)15-17(24-19)25(11-21-15)10-12-6-8-13(9-7-12)18(26)27/h1-9,11H,10H2,(H,26,27)(H3,20,22,23,24). The molecule has 8 heteroatoms. The first-order valence-electron chi connectivity index (χ1n) is 8.23. The van der Waals surface area contributed by atoms with Crippen molar-refractivity contribution in [3.63, 3.8) is 0 Å². The van der Waals surface area contributed by atoms with Gasteiger partial charge < -0.3 is 20.7 Å². The first-order chi connectivity index (χ1) is 13.1. The minimum atomic E-state index is -0.952. The Labute approximate surface area is 154 Å². The molecular weight excluding hydrogens is 344 g/mol. The predicted molar refractivity (Wildman–Crippen MR) is 102 cm³/mol. The number of carboxylic acid groups (broad SMARTS) is 1. The second kappa shape index (κ2) is 6.75. The van der Waals surface area contributed by atoms with Crippen molar-refractivity contribution in [2.24, 2.45) is 0 Å². The zero-order valence-electron chi connectivity index (χ0n) is 14.2. The summed E-state index contributed by atoms with van der Waals surface area (Å²) < 4.78 is 1.85. The van der Waals surface area contributed by atoms with Gasteiger partial charge in [-0.25, -0.2) is 9.78 Å². The Kier molecular flexibility index (Phi) is 4.13. The molecule has 2 heterocycles. The number of hydrogen-bond donors (Lipinski definition) is 3. The monoisotopic (exact) mass is 360 g/mol. The third kappa shape index (κ3) is 3.40. The summed E-state index contributed by atoms with van der Waals surface area (Å²) in [6, 6.07) is 16.3. The van der Waals surface area contributed by atoms with Crippen molar-refractivity contribution >= 4 is 34.6 Å². The zero-order chi connectivity index (χ0) is 18.8. The molecule has 4 rings (SSSR count). The lowest BCUT2D eigenvalue weighted by molar-refractivity contribution is 0.0697. The molecule has 134 valence electrons. The van der Waals surface area contributed by atoms with Gasteiger partial charge in [0, 0.05) is 5.69 Å². The number of rotatable bonds is 5. The number of anilines is 3. The van der Waals surface area contributed by atoms with Crippen LogP contribution < -0.4 is 11.1 Å². The minimum Gasteiger partial charge on any atom is -0.478 e. The maximum absolute atomic E-state index is 11.0. The number of fused-ring (bicyclic) bond motifs is 1. The molecule has 0 saturated carbocycles. The van der Waals surface area contributed by atoms with Crippen LogP contribution in [0.4, 0.5) is 17.5 Å². The largest absolute Gasteiger partial charge is 0.478 e. The normalized spacial score (nSPS) is 10.8. The highest BCUT2D eigenvalue weighted by atomic mass is 16.4. The molecule has 2 aromatic heterocycles. The number of hydrogen-bond acceptors (Lipinski definition) is 6. The summed E-state index contributed by atoms with van der Waals surface area (Å²) in [5.41, 5.74) is 9.13. The van der Waals surface area contributed by atoms with Gasteiger partial charge in [-0.3, -0.25) is 0 Å². The number of carbonyl (C=O) groups is 1. The van der Waals surface area contributed by atoms with Crippen molar-refractivity contribution in [3.8, 4) is 0 Å². The van der Waals surface area contributed by atoms with Crippen molar-refractivity contribution < 1.29 is 9.90 Å². The molecular formula is C19H16N6O2. The Balaban J connectivity index is 1.67. The van der Waals surface area contributed by atoms with Crippen molar-refractivity contribution in [2.75, 3.05) is 11.1 Å². The average molecular weight is 360 g/mol. The van der Waals surface area contributed by atoms with Crippen LogP contribution in [0.15, 0.2) is 60.9 Å². The first-order valence-corrected chi connectivity index (χ1v) is 8.23. The van der Waals surface area contributed by atoms with Crippen molar-refractivity contribution in [1.29, 1.82) is 0 Å². The number of carboxylic acids is 1. The van der Waals surface area contributed by atoms with Gasteiger partial charge in [-0.1, -0.05) is 30.3 Å². The minimum absolute atomic E-state index is 0.143. The van der Waals surface area contributed by atoms with E-state index in [1.165, 1.54) is 0 Å². The number of benzene rings is 2. The van der Waals surface area contributed by atoms with Gasteiger partial charge in [0.05, 0.1) is 18.4 Å². The second-order valence-corrected chi connectivity index (χ2v) is 5.97. The summed E-state index contributed by atoms with van der Waals surface area (Å²) in [6.45, 7) is 0.484. The molecule has 0 saturated heterocycles. The molecule has 8 nitrogen and oxygen atoms in total. The average Bonchev–Trinajstić information content (AvgIpc) is 3.06. The number of aromatic nitrogens is 4. The Morgan fingerprint density at radius 2 is 1.81 bits per heavy atom. The first kappa shape index (κ1) is 16.5. The molecule has 0 atom stereocenters. The molecule has 4 aromatic rings. The fourth-order valence-corrected chi connectivity index (χ4v) is 2.77. The molecule has 4 N–H and O–H groups in total. The number of nitrogens with one attached hydrogen (secondary N) is 1. The van der Waals surface area contributed by atoms with E-state index < -0.39 is 5.97 Å². The Hall–Kier alpha value is -3.94. The van der Waals surface area contributed by atoms with Gasteiger partial charge in [0.2, 0.25) is 5.95 Å². The van der Waals surface area contributed by atoms with E-state index in [-0.39, 0.29) is 11.5 Å². The second-order valence-electron chi connectivity index (χ2n) is 5.97. The maximum atomic E-state index is 11.0. The van der Waals surface area contributed by atoms with E-state index in [9.17, 15) is 4.79 Å². The molecule has 0 unspecified atom stereocenters. The van der Waals surface area contributed by atoms with Crippen molar-refractivity contribution in [3.05, 3.63) is 72.1 Å². The number of nitrogens with two attached hydrogens (primary N) is 1. The lowest BCUT2D eigenvalue weighted by atomic mass is 10.1. The van der Waals surface area contributed by atoms with Crippen LogP contribution in [0.5, 0.6) is 0 Å². The van der Waals surface area contributed by atoms with E-state index in [1.54, 1.807) is 30.6 Å². The van der Waals surface area contributed by atoms with E-state index in [2.05, 4.69) is 20.3 Å². The molecule has 27 heavy (non-hydrogen) atoms. The third-order valence-corrected chi connectivity index (χ3v) is 4.07. The van der Waals surface area contributed by atoms with Crippen LogP contribution >= 0.6 is 0 Å². The summed E-state index contributed by atoms with van der Waals surface area (Å²) in [6.07, 6.45) is 1.67. The summed E-state index contributed by atoms with van der Waals surface area (Å²) in [5.74, 6) is -0.278. The van der Waals surface area contributed by atoms with Crippen LogP contribution in [0.1, 0.15) is 15.9 Å². The summed E-state index contributed by atoms with van der Waals surface area (Å²) in [5, 5.41) is 12.2. The third-order valence-electron chi connectivity index (χ3n) is 4.07. The molecule has 0 fully saturated rings. The van der Waals surface area contributed by atoms with E-state index in [1.807, 2.05) is 34.9 Å². The van der Waals surface area contributed by atoms with Crippen molar-refractivity contribution in [1.82, 2.24) is 19.5 Å². The summed E-state index contributed by atoms with van der Waals surface area (Å²) in [4.78, 5) is 24.0. The van der Waals surface area contributed by atoms with Crippen LogP contribution in [-0.2, 0) is 6.54 Å². The molecule has 0 aliphatic rings. The van der Waals surface area contributed by atoms with Crippen molar-refractivity contribution in [2.45, 2.75) is 6.54 Å². The summed E-state index contributed by atoms with van der Waals surface area (Å²) >= 11 is 0. The van der Waals surface area contributed by atoms with Gasteiger partial charge in [-0.05, 0) is 29.8 Å². The highest BCUT2D eigenvalue weighted by Crippen LogP contribution is 2.24. The van der Waals surface area contributed by atoms with E-state index in [0.29, 0.717) is 23.5 Å². The molecule has 0 amide bonds. The predicted octanol–water partition coefficient (Wildman–Crippen LogP) is 2.90. The van der Waals surface area contributed by atoms with Gasteiger partial charge in [0.15, 0.2) is 17.0 Å². The summed E-state index contributed by atoms with van der Waals surface area (Å²) in [7, 11) is 0. The quantitative estimate of drug-likeness (QED) is 0.500. The fourth-order valence-electron chi connectivity index (χ4n) is 2.77. The van der Waals surface area contributed by atoms with Crippen LogP contribution in [0.2, 0.25) is 0 Å². The van der Waals surface area contributed by atoms with Gasteiger partial charge >= 0.3 is 5.97 Å². The molecule has 0 radical (unpaired) electrons. The lowest BCUT2D eigenvalue weighted by Crippen LogP contribution is -2.05. The Morgan fingerprint density at radius 3 is 2.52 bits per heavy atom. The number of imidazole rings is 1. The van der Waals surface area contributed by atoms with Gasteiger partial charge in [0.1, 0.15) is 0 Å². The number of nitrogen functional groups attached to an aromatic ring is 1. The van der Waals surface area contributed by atoms with Crippen LogP contribution in [0, 0.1) is 0 Å². The molecule has 0 aliphatic carbocycles. The topological polar surface area (TPSA) is 119 Å².